The lowest BCUT2D eigenvalue weighted by molar-refractivity contribution is -0.169. The van der Waals surface area contributed by atoms with Gasteiger partial charge in [-0.25, -0.2) is 0 Å². The van der Waals surface area contributed by atoms with E-state index in [1.54, 1.807) is 23.7 Å². The highest BCUT2D eigenvalue weighted by Crippen LogP contribution is 2.41. The molecule has 0 amide bonds. The van der Waals surface area contributed by atoms with E-state index in [0.717, 1.165) is 36.6 Å². The molecule has 1 aromatic heterocycles. The quantitative estimate of drug-likeness (QED) is 0.148. The summed E-state index contributed by atoms with van der Waals surface area (Å²) in [6, 6.07) is 12.1. The van der Waals surface area contributed by atoms with E-state index in [0.29, 0.717) is 29.8 Å². The summed E-state index contributed by atoms with van der Waals surface area (Å²) in [4.78, 5) is 13.4. The summed E-state index contributed by atoms with van der Waals surface area (Å²) in [5.74, 6) is 0.171. The number of aryl methyl sites for hydroxylation is 2. The minimum atomic E-state index is -4.47. The number of hydrogen-bond acceptors (Lipinski definition) is 3. The summed E-state index contributed by atoms with van der Waals surface area (Å²) >= 11 is 0. The molecule has 250 valence electrons. The van der Waals surface area contributed by atoms with Gasteiger partial charge in [0.1, 0.15) is 11.4 Å². The predicted octanol–water partition coefficient (Wildman–Crippen LogP) is 11.2. The second kappa shape index (κ2) is 13.8. The largest absolute Gasteiger partial charge is 0.490 e. The molecule has 0 N–H and O–H groups in total. The molecule has 3 aromatic rings. The number of rotatable bonds is 12. The first-order valence-electron chi connectivity index (χ1n) is 16.3. The summed E-state index contributed by atoms with van der Waals surface area (Å²) in [5, 5.41) is 0.828. The Morgan fingerprint density at radius 2 is 1.56 bits per heavy atom. The first-order chi connectivity index (χ1) is 20.6. The van der Waals surface area contributed by atoms with Crippen LogP contribution in [0.3, 0.4) is 0 Å². The van der Waals surface area contributed by atoms with Crippen LogP contribution in [-0.4, -0.2) is 22.2 Å². The van der Waals surface area contributed by atoms with E-state index in [2.05, 4.69) is 48.5 Å². The van der Waals surface area contributed by atoms with E-state index < -0.39 is 17.3 Å². The molecule has 7 heteroatoms. The van der Waals surface area contributed by atoms with Crippen LogP contribution in [0.15, 0.2) is 42.5 Å². The van der Waals surface area contributed by atoms with Gasteiger partial charge in [-0.2, -0.15) is 13.2 Å². The maximum absolute atomic E-state index is 14.2. The molecule has 0 radical (unpaired) electrons. The van der Waals surface area contributed by atoms with Crippen molar-refractivity contribution in [3.63, 3.8) is 0 Å². The van der Waals surface area contributed by atoms with E-state index in [1.807, 2.05) is 45.0 Å². The van der Waals surface area contributed by atoms with Gasteiger partial charge >= 0.3 is 12.1 Å². The van der Waals surface area contributed by atoms with Crippen molar-refractivity contribution in [2.75, 3.05) is 0 Å². The van der Waals surface area contributed by atoms with Gasteiger partial charge in [0.2, 0.25) is 0 Å². The van der Waals surface area contributed by atoms with Crippen LogP contribution in [0.4, 0.5) is 13.2 Å². The molecule has 0 aliphatic carbocycles. The number of carbonyl (C=O) groups excluding carboxylic acids is 1. The highest BCUT2D eigenvalue weighted by atomic mass is 19.4. The minimum Gasteiger partial charge on any atom is -0.490 e. The molecule has 1 heterocycles. The van der Waals surface area contributed by atoms with Gasteiger partial charge in [-0.15, -0.1) is 0 Å². The van der Waals surface area contributed by atoms with Crippen LogP contribution in [0.25, 0.3) is 22.2 Å². The number of esters is 1. The van der Waals surface area contributed by atoms with Gasteiger partial charge in [0.15, 0.2) is 0 Å². The minimum absolute atomic E-state index is 0.0149. The van der Waals surface area contributed by atoms with Crippen LogP contribution in [0.2, 0.25) is 0 Å². The van der Waals surface area contributed by atoms with Gasteiger partial charge in [0, 0.05) is 36.2 Å². The predicted molar refractivity (Wildman–Crippen MR) is 178 cm³/mol. The van der Waals surface area contributed by atoms with Crippen molar-refractivity contribution < 1.29 is 27.4 Å². The van der Waals surface area contributed by atoms with Gasteiger partial charge in [-0.1, -0.05) is 73.4 Å². The van der Waals surface area contributed by atoms with Crippen molar-refractivity contribution >= 4 is 16.9 Å². The average Bonchev–Trinajstić information content (AvgIpc) is 3.20. The molecule has 3 rings (SSSR count). The Hall–Kier alpha value is -2.96. The van der Waals surface area contributed by atoms with Crippen molar-refractivity contribution in [1.29, 1.82) is 0 Å². The second-order valence-corrected chi connectivity index (χ2v) is 15.6. The standard InChI is InChI=1S/C38H54F3NO3/c1-12-13-14-15-26-16-19-29(30(20-26)38(39,40)41)33-21-27-17-18-28(22-32(27)42(33)11)44-25(2)23-37(9,10)45-34(43)31(36(6,7)8)24-35(3,4)5/h16-22,25,31H,12-15,23-24H2,1-11H3. The molecule has 45 heavy (non-hydrogen) atoms. The number of unbranched alkanes of at least 4 members (excludes halogenated alkanes) is 2. The Labute approximate surface area is 268 Å². The zero-order chi connectivity index (χ0) is 34.0. The van der Waals surface area contributed by atoms with Crippen molar-refractivity contribution in [2.24, 2.45) is 23.8 Å². The van der Waals surface area contributed by atoms with Gasteiger partial charge in [0.25, 0.3) is 0 Å². The summed E-state index contributed by atoms with van der Waals surface area (Å²) in [6.45, 7) is 20.4. The number of alkyl halides is 3. The molecule has 2 atom stereocenters. The van der Waals surface area contributed by atoms with Gasteiger partial charge in [-0.05, 0) is 80.7 Å². The van der Waals surface area contributed by atoms with Crippen molar-refractivity contribution in [3.05, 3.63) is 53.6 Å². The molecule has 0 bridgehead atoms. The number of carbonyl (C=O) groups is 1. The molecule has 0 aliphatic rings. The highest BCUT2D eigenvalue weighted by Gasteiger charge is 2.39. The fourth-order valence-electron chi connectivity index (χ4n) is 6.13. The smallest absolute Gasteiger partial charge is 0.417 e. The summed E-state index contributed by atoms with van der Waals surface area (Å²) in [7, 11) is 1.78. The van der Waals surface area contributed by atoms with Crippen LogP contribution < -0.4 is 4.74 Å². The van der Waals surface area contributed by atoms with Crippen molar-refractivity contribution in [3.8, 4) is 17.0 Å². The molecule has 0 fully saturated rings. The van der Waals surface area contributed by atoms with Crippen LogP contribution >= 0.6 is 0 Å². The lowest BCUT2D eigenvalue weighted by atomic mass is 9.72. The zero-order valence-electron chi connectivity index (χ0n) is 29.2. The molecule has 0 saturated heterocycles. The fourth-order valence-corrected chi connectivity index (χ4v) is 6.13. The Bertz CT molecular complexity index is 1450. The molecule has 0 aliphatic heterocycles. The summed E-state index contributed by atoms with van der Waals surface area (Å²) in [5.41, 5.74) is 0.536. The maximum Gasteiger partial charge on any atom is 0.417 e. The second-order valence-electron chi connectivity index (χ2n) is 15.6. The lowest BCUT2D eigenvalue weighted by Gasteiger charge is -2.37. The Kier molecular flexibility index (Phi) is 11.2. The first-order valence-corrected chi connectivity index (χ1v) is 16.3. The zero-order valence-corrected chi connectivity index (χ0v) is 29.2. The van der Waals surface area contributed by atoms with Crippen molar-refractivity contribution in [1.82, 2.24) is 4.57 Å². The molecular formula is C38H54F3NO3. The first kappa shape index (κ1) is 36.5. The molecule has 2 aromatic carbocycles. The number of benzene rings is 2. The van der Waals surface area contributed by atoms with E-state index >= 15 is 0 Å². The van der Waals surface area contributed by atoms with E-state index in [4.69, 9.17) is 9.47 Å². The number of halogens is 3. The normalized spacial score (nSPS) is 14.4. The van der Waals surface area contributed by atoms with Gasteiger partial charge in [-0.3, -0.25) is 4.79 Å². The van der Waals surface area contributed by atoms with E-state index in [1.165, 1.54) is 6.07 Å². The molecule has 0 saturated carbocycles. The Morgan fingerprint density at radius 1 is 0.889 bits per heavy atom. The maximum atomic E-state index is 14.2. The highest BCUT2D eigenvalue weighted by molar-refractivity contribution is 5.88. The third kappa shape index (κ3) is 10.0. The lowest BCUT2D eigenvalue weighted by Crippen LogP contribution is -2.40. The van der Waals surface area contributed by atoms with Crippen LogP contribution in [0.5, 0.6) is 5.75 Å². The Morgan fingerprint density at radius 3 is 2.13 bits per heavy atom. The molecule has 2 unspecified atom stereocenters. The number of nitrogens with zero attached hydrogens (tertiary/aromatic N) is 1. The molecule has 0 spiro atoms. The summed E-state index contributed by atoms with van der Waals surface area (Å²) < 4.78 is 56.8. The number of hydrogen-bond donors (Lipinski definition) is 0. The fraction of sp³-hybridized carbons (Fsp3) is 0.605. The van der Waals surface area contributed by atoms with Gasteiger partial charge < -0.3 is 14.0 Å². The van der Waals surface area contributed by atoms with Crippen LogP contribution in [-0.2, 0) is 29.2 Å². The molecule has 4 nitrogen and oxygen atoms in total. The van der Waals surface area contributed by atoms with E-state index in [-0.39, 0.29) is 34.4 Å². The average molecular weight is 630 g/mol. The van der Waals surface area contributed by atoms with Crippen LogP contribution in [0.1, 0.15) is 112 Å². The monoisotopic (exact) mass is 629 g/mol. The number of aromatic nitrogens is 1. The third-order valence-corrected chi connectivity index (χ3v) is 8.39. The SMILES string of the molecule is CCCCCc1ccc(-c2cc3ccc(OC(C)CC(C)(C)OC(=O)C(CC(C)(C)C)C(C)(C)C)cc3n2C)c(C(F)(F)F)c1. The number of fused-ring (bicyclic) bond motifs is 1. The van der Waals surface area contributed by atoms with Gasteiger partial charge in [0.05, 0.1) is 23.1 Å². The van der Waals surface area contributed by atoms with Crippen molar-refractivity contribution in [2.45, 2.75) is 126 Å². The topological polar surface area (TPSA) is 40.5 Å². The molecular weight excluding hydrogens is 575 g/mol. The number of ether oxygens (including phenoxy) is 2. The van der Waals surface area contributed by atoms with Crippen LogP contribution in [0, 0.1) is 16.7 Å². The Balaban J connectivity index is 1.80. The van der Waals surface area contributed by atoms with E-state index in [9.17, 15) is 18.0 Å². The summed E-state index contributed by atoms with van der Waals surface area (Å²) in [6.07, 6.45) is -0.0285. The third-order valence-electron chi connectivity index (χ3n) is 8.39.